The molecule has 0 spiro atoms. The third kappa shape index (κ3) is 7.07. The molecule has 0 unspecified atom stereocenters. The fourth-order valence-electron chi connectivity index (χ4n) is 2.36. The maximum absolute atomic E-state index is 12.0. The first-order chi connectivity index (χ1) is 13.9. The van der Waals surface area contributed by atoms with E-state index in [0.717, 1.165) is 0 Å². The SMILES string of the molecule is CCOc1cc(/C=N/NC(=O)CCCNC(=O)c2ccccc2Cl)cc(Br)c1O. The highest BCUT2D eigenvalue weighted by molar-refractivity contribution is 9.10. The summed E-state index contributed by atoms with van der Waals surface area (Å²) in [5.74, 6) is -0.232. The van der Waals surface area contributed by atoms with E-state index in [1.807, 2.05) is 6.92 Å². The van der Waals surface area contributed by atoms with Crippen molar-refractivity contribution >= 4 is 45.6 Å². The minimum Gasteiger partial charge on any atom is -0.503 e. The monoisotopic (exact) mass is 481 g/mol. The molecule has 0 aliphatic rings. The lowest BCUT2D eigenvalue weighted by molar-refractivity contribution is -0.121. The summed E-state index contributed by atoms with van der Waals surface area (Å²) < 4.78 is 5.80. The lowest BCUT2D eigenvalue weighted by Gasteiger charge is -2.08. The largest absolute Gasteiger partial charge is 0.503 e. The maximum Gasteiger partial charge on any atom is 0.252 e. The number of hydrazone groups is 1. The Morgan fingerprint density at radius 1 is 1.31 bits per heavy atom. The van der Waals surface area contributed by atoms with Gasteiger partial charge >= 0.3 is 0 Å². The number of nitrogens with one attached hydrogen (secondary N) is 2. The second-order valence-corrected chi connectivity index (χ2v) is 7.18. The highest BCUT2D eigenvalue weighted by Gasteiger charge is 2.10. The van der Waals surface area contributed by atoms with Crippen molar-refractivity contribution in [2.24, 2.45) is 5.10 Å². The first kappa shape index (κ1) is 22.7. The van der Waals surface area contributed by atoms with E-state index in [-0.39, 0.29) is 24.0 Å². The second kappa shape index (κ2) is 11.4. The molecule has 2 aromatic carbocycles. The molecule has 0 saturated carbocycles. The lowest BCUT2D eigenvalue weighted by atomic mass is 10.2. The molecule has 29 heavy (non-hydrogen) atoms. The number of amides is 2. The van der Waals surface area contributed by atoms with Gasteiger partial charge < -0.3 is 15.2 Å². The summed E-state index contributed by atoms with van der Waals surface area (Å²) in [6.45, 7) is 2.55. The van der Waals surface area contributed by atoms with Gasteiger partial charge in [-0.05, 0) is 59.1 Å². The minimum absolute atomic E-state index is 0.00636. The lowest BCUT2D eigenvalue weighted by Crippen LogP contribution is -2.26. The van der Waals surface area contributed by atoms with Crippen LogP contribution in [0.15, 0.2) is 46.0 Å². The Hall–Kier alpha value is -2.58. The van der Waals surface area contributed by atoms with Crippen LogP contribution in [0, 0.1) is 0 Å². The summed E-state index contributed by atoms with van der Waals surface area (Å²) in [5, 5.41) is 16.9. The van der Waals surface area contributed by atoms with Crippen molar-refractivity contribution in [1.29, 1.82) is 0 Å². The van der Waals surface area contributed by atoms with E-state index in [1.165, 1.54) is 6.21 Å². The molecule has 2 rings (SSSR count). The number of benzene rings is 2. The number of aromatic hydroxyl groups is 1. The van der Waals surface area contributed by atoms with Gasteiger partial charge in [0.2, 0.25) is 5.91 Å². The zero-order chi connectivity index (χ0) is 21.2. The number of carbonyl (C=O) groups is 2. The van der Waals surface area contributed by atoms with Gasteiger partial charge in [0.15, 0.2) is 11.5 Å². The topological polar surface area (TPSA) is 100 Å². The van der Waals surface area contributed by atoms with Crippen molar-refractivity contribution in [3.05, 3.63) is 57.0 Å². The quantitative estimate of drug-likeness (QED) is 0.287. The summed E-state index contributed by atoms with van der Waals surface area (Å²) in [5.41, 5.74) is 3.47. The zero-order valence-electron chi connectivity index (χ0n) is 15.7. The van der Waals surface area contributed by atoms with Gasteiger partial charge in [-0.15, -0.1) is 0 Å². The number of nitrogens with zero attached hydrogens (tertiary/aromatic N) is 1. The Balaban J connectivity index is 1.76. The van der Waals surface area contributed by atoms with Crippen molar-refractivity contribution in [1.82, 2.24) is 10.7 Å². The number of rotatable bonds is 9. The molecule has 0 saturated heterocycles. The van der Waals surface area contributed by atoms with Gasteiger partial charge in [0.1, 0.15) is 0 Å². The summed E-state index contributed by atoms with van der Waals surface area (Å²) in [7, 11) is 0. The minimum atomic E-state index is -0.281. The van der Waals surface area contributed by atoms with Crippen LogP contribution in [0.1, 0.15) is 35.7 Å². The second-order valence-electron chi connectivity index (χ2n) is 5.91. The standard InChI is InChI=1S/C20H21BrClN3O4/c1-2-29-17-11-13(10-15(21)19(17)27)12-24-25-18(26)8-5-9-23-20(28)14-6-3-4-7-16(14)22/h3-4,6-7,10-12,27H,2,5,8-9H2,1H3,(H,23,28)(H,25,26)/b24-12+. The van der Waals surface area contributed by atoms with Crippen LogP contribution in [0.4, 0.5) is 0 Å². The number of phenolic OH excluding ortho intramolecular Hbond substituents is 1. The summed E-state index contributed by atoms with van der Waals surface area (Å²) in [6, 6.07) is 10.0. The van der Waals surface area contributed by atoms with Gasteiger partial charge in [-0.1, -0.05) is 23.7 Å². The fraction of sp³-hybridized carbons (Fsp3) is 0.250. The molecule has 0 fully saturated rings. The van der Waals surface area contributed by atoms with Gasteiger partial charge in [-0.25, -0.2) is 5.43 Å². The number of ether oxygens (including phenoxy) is 1. The fourth-order valence-corrected chi connectivity index (χ4v) is 3.04. The molecule has 7 nitrogen and oxygen atoms in total. The number of hydrogen-bond acceptors (Lipinski definition) is 5. The number of carbonyl (C=O) groups excluding carboxylic acids is 2. The third-order valence-corrected chi connectivity index (χ3v) is 4.67. The van der Waals surface area contributed by atoms with Crippen LogP contribution in [0.2, 0.25) is 5.02 Å². The Kier molecular flexibility index (Phi) is 8.95. The first-order valence-corrected chi connectivity index (χ1v) is 10.1. The molecule has 154 valence electrons. The van der Waals surface area contributed by atoms with E-state index in [9.17, 15) is 14.7 Å². The van der Waals surface area contributed by atoms with Crippen LogP contribution in [-0.2, 0) is 4.79 Å². The van der Waals surface area contributed by atoms with Crippen LogP contribution in [0.25, 0.3) is 0 Å². The van der Waals surface area contributed by atoms with Gasteiger partial charge in [0.25, 0.3) is 5.91 Å². The molecule has 9 heteroatoms. The molecule has 0 atom stereocenters. The predicted octanol–water partition coefficient (Wildman–Crippen LogP) is 3.87. The van der Waals surface area contributed by atoms with Crippen molar-refractivity contribution in [3.8, 4) is 11.5 Å². The van der Waals surface area contributed by atoms with Gasteiger partial charge in [-0.3, -0.25) is 9.59 Å². The van der Waals surface area contributed by atoms with Crippen LogP contribution < -0.4 is 15.5 Å². The van der Waals surface area contributed by atoms with E-state index in [2.05, 4.69) is 31.8 Å². The highest BCUT2D eigenvalue weighted by atomic mass is 79.9. The van der Waals surface area contributed by atoms with Gasteiger partial charge in [-0.2, -0.15) is 5.10 Å². The molecule has 0 aliphatic heterocycles. The molecule has 0 aromatic heterocycles. The Morgan fingerprint density at radius 3 is 2.79 bits per heavy atom. The summed E-state index contributed by atoms with van der Waals surface area (Å²) in [4.78, 5) is 23.9. The van der Waals surface area contributed by atoms with Crippen LogP contribution in [0.5, 0.6) is 11.5 Å². The molecule has 0 radical (unpaired) electrons. The number of hydrogen-bond donors (Lipinski definition) is 3. The van der Waals surface area contributed by atoms with Crippen LogP contribution >= 0.6 is 27.5 Å². The van der Waals surface area contributed by atoms with E-state index in [0.29, 0.717) is 45.9 Å². The molecule has 0 bridgehead atoms. The van der Waals surface area contributed by atoms with Gasteiger partial charge in [0.05, 0.1) is 27.9 Å². The normalized spacial score (nSPS) is 10.7. The van der Waals surface area contributed by atoms with E-state index >= 15 is 0 Å². The van der Waals surface area contributed by atoms with E-state index < -0.39 is 0 Å². The van der Waals surface area contributed by atoms with Crippen LogP contribution in [-0.4, -0.2) is 36.3 Å². The van der Waals surface area contributed by atoms with Crippen LogP contribution in [0.3, 0.4) is 0 Å². The maximum atomic E-state index is 12.0. The molecule has 2 aromatic rings. The van der Waals surface area contributed by atoms with Crippen molar-refractivity contribution in [3.63, 3.8) is 0 Å². The summed E-state index contributed by atoms with van der Waals surface area (Å²) >= 11 is 9.21. The van der Waals surface area contributed by atoms with E-state index in [1.54, 1.807) is 36.4 Å². The average molecular weight is 483 g/mol. The van der Waals surface area contributed by atoms with Gasteiger partial charge in [0, 0.05) is 13.0 Å². The number of halogens is 2. The Morgan fingerprint density at radius 2 is 2.07 bits per heavy atom. The molecule has 0 heterocycles. The van der Waals surface area contributed by atoms with E-state index in [4.69, 9.17) is 16.3 Å². The molecular formula is C20H21BrClN3O4. The first-order valence-electron chi connectivity index (χ1n) is 8.92. The molecule has 0 aliphatic carbocycles. The van der Waals surface area contributed by atoms with Crippen molar-refractivity contribution in [2.75, 3.05) is 13.2 Å². The summed E-state index contributed by atoms with van der Waals surface area (Å²) in [6.07, 6.45) is 2.10. The molecule has 3 N–H and O–H groups in total. The molecule has 2 amide bonds. The molecular weight excluding hydrogens is 462 g/mol. The van der Waals surface area contributed by atoms with Crippen molar-refractivity contribution in [2.45, 2.75) is 19.8 Å². The Bertz CT molecular complexity index is 905. The average Bonchev–Trinajstić information content (AvgIpc) is 2.69. The predicted molar refractivity (Wildman–Crippen MR) is 116 cm³/mol. The zero-order valence-corrected chi connectivity index (χ0v) is 18.1. The Labute approximate surface area is 182 Å². The smallest absolute Gasteiger partial charge is 0.252 e. The third-order valence-electron chi connectivity index (χ3n) is 3.74. The van der Waals surface area contributed by atoms with Crippen molar-refractivity contribution < 1.29 is 19.4 Å². The highest BCUT2D eigenvalue weighted by Crippen LogP contribution is 2.35. The number of phenols is 1.